The van der Waals surface area contributed by atoms with Gasteiger partial charge in [-0.25, -0.2) is 0 Å². The van der Waals surface area contributed by atoms with Crippen molar-refractivity contribution in [1.82, 2.24) is 4.90 Å². The molecule has 2 nitrogen and oxygen atoms in total. The summed E-state index contributed by atoms with van der Waals surface area (Å²) in [5, 5.41) is 0. The van der Waals surface area contributed by atoms with Crippen molar-refractivity contribution in [3.05, 3.63) is 33.8 Å². The van der Waals surface area contributed by atoms with Gasteiger partial charge in [0.25, 0.3) is 0 Å². The van der Waals surface area contributed by atoms with Crippen LogP contribution in [0.25, 0.3) is 0 Å². The maximum Gasteiger partial charge on any atom is 0.223 e. The highest BCUT2D eigenvalue weighted by Gasteiger charge is 2.28. The highest BCUT2D eigenvalue weighted by Crippen LogP contribution is 2.33. The van der Waals surface area contributed by atoms with Gasteiger partial charge in [0.1, 0.15) is 0 Å². The van der Waals surface area contributed by atoms with Gasteiger partial charge in [-0.1, -0.05) is 22.0 Å². The predicted molar refractivity (Wildman–Crippen MR) is 70.6 cm³/mol. The molecule has 0 bridgehead atoms. The molecule has 0 spiro atoms. The van der Waals surface area contributed by atoms with Gasteiger partial charge in [-0.3, -0.25) is 4.79 Å². The zero-order chi connectivity index (χ0) is 11.8. The molecular weight excluding hydrogens is 278 g/mol. The smallest absolute Gasteiger partial charge is 0.223 e. The fraction of sp³-hybridized carbons (Fsp3) is 0.500. The third-order valence-corrected chi connectivity index (χ3v) is 4.19. The normalized spacial score (nSPS) is 19.0. The average molecular weight is 294 g/mol. The fourth-order valence-electron chi connectivity index (χ4n) is 2.43. The van der Waals surface area contributed by atoms with E-state index in [9.17, 15) is 4.79 Å². The van der Waals surface area contributed by atoms with Gasteiger partial charge in [-0.15, -0.1) is 0 Å². The molecule has 1 aromatic carbocycles. The molecule has 0 unspecified atom stereocenters. The Morgan fingerprint density at radius 2 is 2.18 bits per heavy atom. The van der Waals surface area contributed by atoms with Gasteiger partial charge in [-0.2, -0.15) is 0 Å². The van der Waals surface area contributed by atoms with E-state index >= 15 is 0 Å². The standard InChI is InChI=1S/C14H16BrNO/c15-13-4-3-12-9-16(6-5-11(12)8-13)14(17)7-10-1-2-10/h3-4,8,10H,1-2,5-7,9H2. The van der Waals surface area contributed by atoms with Gasteiger partial charge in [0.05, 0.1) is 0 Å². The Balaban J connectivity index is 1.71. The van der Waals surface area contributed by atoms with Crippen LogP contribution in [0, 0.1) is 5.92 Å². The van der Waals surface area contributed by atoms with E-state index < -0.39 is 0 Å². The molecule has 0 atom stereocenters. The van der Waals surface area contributed by atoms with Crippen LogP contribution in [0.5, 0.6) is 0 Å². The number of benzene rings is 1. The van der Waals surface area contributed by atoms with Crippen LogP contribution < -0.4 is 0 Å². The minimum absolute atomic E-state index is 0.348. The Morgan fingerprint density at radius 1 is 1.35 bits per heavy atom. The first-order valence-corrected chi connectivity index (χ1v) is 7.07. The Kier molecular flexibility index (Phi) is 2.95. The van der Waals surface area contributed by atoms with Crippen LogP contribution in [0.1, 0.15) is 30.4 Å². The number of nitrogens with zero attached hydrogens (tertiary/aromatic N) is 1. The molecule has 17 heavy (non-hydrogen) atoms. The molecule has 1 aliphatic heterocycles. The third kappa shape index (κ3) is 2.54. The molecule has 2 aliphatic rings. The topological polar surface area (TPSA) is 20.3 Å². The lowest BCUT2D eigenvalue weighted by molar-refractivity contribution is -0.132. The third-order valence-electron chi connectivity index (χ3n) is 3.69. The molecule has 1 fully saturated rings. The minimum atomic E-state index is 0.348. The number of amides is 1. The van der Waals surface area contributed by atoms with Crippen molar-refractivity contribution < 1.29 is 4.79 Å². The number of rotatable bonds is 2. The molecule has 1 aromatic rings. The second-order valence-corrected chi connectivity index (χ2v) is 6.04. The summed E-state index contributed by atoms with van der Waals surface area (Å²) in [6.45, 7) is 1.68. The summed E-state index contributed by atoms with van der Waals surface area (Å²) in [5.41, 5.74) is 2.69. The van der Waals surface area contributed by atoms with Crippen LogP contribution >= 0.6 is 15.9 Å². The first-order valence-electron chi connectivity index (χ1n) is 6.27. The molecule has 1 amide bonds. The molecule has 0 radical (unpaired) electrons. The van der Waals surface area contributed by atoms with E-state index in [1.165, 1.54) is 24.0 Å². The van der Waals surface area contributed by atoms with Crippen molar-refractivity contribution in [3.8, 4) is 0 Å². The molecule has 0 aromatic heterocycles. The monoisotopic (exact) mass is 293 g/mol. The van der Waals surface area contributed by atoms with E-state index in [0.717, 1.165) is 30.4 Å². The SMILES string of the molecule is O=C(CC1CC1)N1CCc2cc(Br)ccc2C1. The van der Waals surface area contributed by atoms with Gasteiger partial charge in [-0.05, 0) is 48.4 Å². The minimum Gasteiger partial charge on any atom is -0.338 e. The lowest BCUT2D eigenvalue weighted by atomic mass is 9.99. The van der Waals surface area contributed by atoms with Crippen LogP contribution in [-0.4, -0.2) is 17.4 Å². The number of carbonyl (C=O) groups excluding carboxylic acids is 1. The first-order chi connectivity index (χ1) is 8.22. The summed E-state index contributed by atoms with van der Waals surface area (Å²) in [5.74, 6) is 1.04. The lowest BCUT2D eigenvalue weighted by Crippen LogP contribution is -2.36. The Hall–Kier alpha value is -0.830. The quantitative estimate of drug-likeness (QED) is 0.820. The van der Waals surface area contributed by atoms with E-state index in [1.807, 2.05) is 4.90 Å². The fourth-order valence-corrected chi connectivity index (χ4v) is 2.84. The second-order valence-electron chi connectivity index (χ2n) is 5.13. The molecule has 1 aliphatic carbocycles. The summed E-state index contributed by atoms with van der Waals surface area (Å²) < 4.78 is 1.13. The highest BCUT2D eigenvalue weighted by molar-refractivity contribution is 9.10. The van der Waals surface area contributed by atoms with Crippen molar-refractivity contribution in [3.63, 3.8) is 0 Å². The molecule has 3 rings (SSSR count). The van der Waals surface area contributed by atoms with Crippen molar-refractivity contribution in [1.29, 1.82) is 0 Å². The van der Waals surface area contributed by atoms with Crippen molar-refractivity contribution >= 4 is 21.8 Å². The van der Waals surface area contributed by atoms with Gasteiger partial charge in [0.2, 0.25) is 5.91 Å². The van der Waals surface area contributed by atoms with E-state index in [2.05, 4.69) is 34.1 Å². The molecule has 3 heteroatoms. The molecule has 0 saturated heterocycles. The van der Waals surface area contributed by atoms with Gasteiger partial charge in [0.15, 0.2) is 0 Å². The summed E-state index contributed by atoms with van der Waals surface area (Å²) >= 11 is 3.49. The summed E-state index contributed by atoms with van der Waals surface area (Å²) in [7, 11) is 0. The zero-order valence-electron chi connectivity index (χ0n) is 9.79. The zero-order valence-corrected chi connectivity index (χ0v) is 11.4. The highest BCUT2D eigenvalue weighted by atomic mass is 79.9. The van der Waals surface area contributed by atoms with Crippen LogP contribution in [0.2, 0.25) is 0 Å². The molecule has 1 heterocycles. The van der Waals surface area contributed by atoms with Gasteiger partial charge >= 0.3 is 0 Å². The number of halogens is 1. The molecular formula is C14H16BrNO. The van der Waals surface area contributed by atoms with Crippen molar-refractivity contribution in [2.24, 2.45) is 5.92 Å². The first kappa shape index (κ1) is 11.3. The Morgan fingerprint density at radius 3 is 2.94 bits per heavy atom. The Labute approximate surface area is 110 Å². The lowest BCUT2D eigenvalue weighted by Gasteiger charge is -2.29. The van der Waals surface area contributed by atoms with Gasteiger partial charge < -0.3 is 4.90 Å². The molecule has 1 saturated carbocycles. The number of hydrogen-bond donors (Lipinski definition) is 0. The average Bonchev–Trinajstić information content (AvgIpc) is 3.12. The van der Waals surface area contributed by atoms with Gasteiger partial charge in [0, 0.05) is 24.0 Å². The van der Waals surface area contributed by atoms with Crippen LogP contribution in [0.4, 0.5) is 0 Å². The summed E-state index contributed by atoms with van der Waals surface area (Å²) in [4.78, 5) is 14.1. The molecule has 90 valence electrons. The van der Waals surface area contributed by atoms with E-state index in [4.69, 9.17) is 0 Å². The van der Waals surface area contributed by atoms with Crippen molar-refractivity contribution in [2.75, 3.05) is 6.54 Å². The maximum atomic E-state index is 12.0. The van der Waals surface area contributed by atoms with Crippen LogP contribution in [-0.2, 0) is 17.8 Å². The van der Waals surface area contributed by atoms with Crippen LogP contribution in [0.15, 0.2) is 22.7 Å². The van der Waals surface area contributed by atoms with E-state index in [0.29, 0.717) is 11.8 Å². The maximum absolute atomic E-state index is 12.0. The second kappa shape index (κ2) is 4.45. The number of hydrogen-bond acceptors (Lipinski definition) is 1. The summed E-state index contributed by atoms with van der Waals surface area (Å²) in [6.07, 6.45) is 4.27. The van der Waals surface area contributed by atoms with Crippen LogP contribution in [0.3, 0.4) is 0 Å². The Bertz CT molecular complexity index is 454. The number of carbonyl (C=O) groups is 1. The largest absolute Gasteiger partial charge is 0.338 e. The summed E-state index contributed by atoms with van der Waals surface area (Å²) in [6, 6.07) is 6.38. The number of fused-ring (bicyclic) bond motifs is 1. The van der Waals surface area contributed by atoms with E-state index in [1.54, 1.807) is 0 Å². The van der Waals surface area contributed by atoms with Crippen molar-refractivity contribution in [2.45, 2.75) is 32.2 Å². The predicted octanol–water partition coefficient (Wildman–Crippen LogP) is 3.13. The molecule has 0 N–H and O–H groups in total. The van der Waals surface area contributed by atoms with E-state index in [-0.39, 0.29) is 0 Å².